The number of aliphatic hydroxyl groups is 1. The number of aliphatic hydroxyl groups excluding tert-OH is 1. The van der Waals surface area contributed by atoms with Gasteiger partial charge in [0, 0.05) is 10.5 Å². The Morgan fingerprint density at radius 1 is 1.16 bits per heavy atom. The number of phenolic OH excluding ortho intramolecular Hbond substituents is 1. The number of hydrogen-bond acceptors (Lipinski definition) is 3. The van der Waals surface area contributed by atoms with E-state index < -0.39 is 0 Å². The summed E-state index contributed by atoms with van der Waals surface area (Å²) < 4.78 is 1.02. The lowest BCUT2D eigenvalue weighted by Crippen LogP contribution is -2.34. The Hall–Kier alpha value is -1.10. The number of piperidine rings is 1. The normalized spacial score (nSPS) is 23.7. The molecule has 1 aliphatic rings. The Bertz CT molecular complexity index is 614. The highest BCUT2D eigenvalue weighted by atomic mass is 79.9. The van der Waals surface area contributed by atoms with Crippen molar-refractivity contribution >= 4 is 26.7 Å². The van der Waals surface area contributed by atoms with E-state index in [-0.39, 0.29) is 17.9 Å². The molecule has 0 radical (unpaired) electrons. The lowest BCUT2D eigenvalue weighted by Gasteiger charge is -2.28. The van der Waals surface area contributed by atoms with E-state index in [0.29, 0.717) is 6.42 Å². The predicted molar refractivity (Wildman–Crippen MR) is 79.3 cm³/mol. The van der Waals surface area contributed by atoms with Crippen molar-refractivity contribution in [3.63, 3.8) is 0 Å². The van der Waals surface area contributed by atoms with Crippen LogP contribution in [0.15, 0.2) is 34.8 Å². The molecule has 4 heteroatoms. The predicted octanol–water partition coefficient (Wildman–Crippen LogP) is 3.09. The van der Waals surface area contributed by atoms with Gasteiger partial charge in [0.15, 0.2) is 0 Å². The topological polar surface area (TPSA) is 52.5 Å². The Balaban J connectivity index is 2.12. The Kier molecular flexibility index (Phi) is 3.48. The van der Waals surface area contributed by atoms with Crippen LogP contribution < -0.4 is 5.32 Å². The monoisotopic (exact) mass is 321 g/mol. The zero-order chi connectivity index (χ0) is 13.4. The van der Waals surface area contributed by atoms with Crippen LogP contribution in [0.2, 0.25) is 0 Å². The number of phenols is 1. The van der Waals surface area contributed by atoms with E-state index in [2.05, 4.69) is 27.3 Å². The van der Waals surface area contributed by atoms with Crippen molar-refractivity contribution in [3.8, 4) is 5.75 Å². The molecule has 0 bridgehead atoms. The van der Waals surface area contributed by atoms with Gasteiger partial charge in [0.1, 0.15) is 5.75 Å². The maximum atomic E-state index is 9.82. The summed E-state index contributed by atoms with van der Waals surface area (Å²) in [6.45, 7) is 0.822. The summed E-state index contributed by atoms with van der Waals surface area (Å²) in [5.41, 5.74) is 1.13. The van der Waals surface area contributed by atoms with E-state index in [0.717, 1.165) is 33.8 Å². The molecule has 3 rings (SSSR count). The van der Waals surface area contributed by atoms with Gasteiger partial charge < -0.3 is 15.5 Å². The third-order valence-corrected chi connectivity index (χ3v) is 4.42. The molecule has 100 valence electrons. The minimum Gasteiger partial charge on any atom is -0.508 e. The maximum Gasteiger partial charge on any atom is 0.116 e. The molecule has 0 aliphatic carbocycles. The van der Waals surface area contributed by atoms with Crippen LogP contribution in [-0.4, -0.2) is 22.9 Å². The van der Waals surface area contributed by atoms with Gasteiger partial charge in [-0.25, -0.2) is 0 Å². The van der Waals surface area contributed by atoms with Gasteiger partial charge in [-0.3, -0.25) is 0 Å². The van der Waals surface area contributed by atoms with E-state index in [1.165, 1.54) is 0 Å². The van der Waals surface area contributed by atoms with Gasteiger partial charge in [0.2, 0.25) is 0 Å². The molecule has 2 aromatic carbocycles. The fourth-order valence-electron chi connectivity index (χ4n) is 2.76. The number of benzene rings is 2. The summed E-state index contributed by atoms with van der Waals surface area (Å²) in [4.78, 5) is 0. The number of halogens is 1. The van der Waals surface area contributed by atoms with Crippen LogP contribution in [0.3, 0.4) is 0 Å². The van der Waals surface area contributed by atoms with Gasteiger partial charge in [-0.1, -0.05) is 22.0 Å². The van der Waals surface area contributed by atoms with E-state index in [9.17, 15) is 10.2 Å². The molecule has 0 aromatic heterocycles. The smallest absolute Gasteiger partial charge is 0.116 e. The summed E-state index contributed by atoms with van der Waals surface area (Å²) in [7, 11) is 0. The molecule has 2 atom stereocenters. The first-order valence-electron chi connectivity index (χ1n) is 6.48. The maximum absolute atomic E-state index is 9.82. The number of nitrogens with one attached hydrogen (secondary N) is 1. The zero-order valence-electron chi connectivity index (χ0n) is 10.4. The summed E-state index contributed by atoms with van der Waals surface area (Å²) in [6.07, 6.45) is 1.27. The van der Waals surface area contributed by atoms with Crippen molar-refractivity contribution in [1.82, 2.24) is 5.32 Å². The third kappa shape index (κ3) is 2.48. The number of aromatic hydroxyl groups is 1. The third-order valence-electron chi connectivity index (χ3n) is 3.73. The first kappa shape index (κ1) is 12.9. The first-order chi connectivity index (χ1) is 9.15. The lowest BCUT2D eigenvalue weighted by molar-refractivity contribution is 0.117. The first-order valence-corrected chi connectivity index (χ1v) is 7.27. The summed E-state index contributed by atoms with van der Waals surface area (Å²) in [6, 6.07) is 9.62. The van der Waals surface area contributed by atoms with Crippen molar-refractivity contribution in [2.24, 2.45) is 0 Å². The lowest BCUT2D eigenvalue weighted by atomic mass is 9.91. The van der Waals surface area contributed by atoms with Gasteiger partial charge in [-0.05, 0) is 60.0 Å². The van der Waals surface area contributed by atoms with Crippen LogP contribution in [0.5, 0.6) is 5.75 Å². The summed E-state index contributed by atoms with van der Waals surface area (Å²) >= 11 is 3.54. The minimum atomic E-state index is -0.248. The number of hydrogen-bond donors (Lipinski definition) is 3. The molecule has 2 unspecified atom stereocenters. The standard InChI is InChI=1S/C15H16BrNO2/c16-14-4-3-12(15-8-10(19)5-6-17-15)13-7-9(18)1-2-11(13)14/h1-4,7,10,15,17-19H,5-6,8H2. The van der Waals surface area contributed by atoms with Gasteiger partial charge in [-0.15, -0.1) is 0 Å². The van der Waals surface area contributed by atoms with Gasteiger partial charge in [0.25, 0.3) is 0 Å². The molecule has 19 heavy (non-hydrogen) atoms. The second kappa shape index (κ2) is 5.12. The van der Waals surface area contributed by atoms with E-state index >= 15 is 0 Å². The van der Waals surface area contributed by atoms with E-state index in [1.807, 2.05) is 12.1 Å². The molecular weight excluding hydrogens is 306 g/mol. The molecule has 3 nitrogen and oxygen atoms in total. The second-order valence-electron chi connectivity index (χ2n) is 5.05. The molecular formula is C15H16BrNO2. The molecule has 1 saturated heterocycles. The zero-order valence-corrected chi connectivity index (χ0v) is 12.0. The van der Waals surface area contributed by atoms with Crippen LogP contribution in [0.1, 0.15) is 24.4 Å². The van der Waals surface area contributed by atoms with Crippen molar-refractivity contribution in [3.05, 3.63) is 40.4 Å². The van der Waals surface area contributed by atoms with E-state index in [4.69, 9.17) is 0 Å². The van der Waals surface area contributed by atoms with Crippen molar-refractivity contribution in [2.75, 3.05) is 6.54 Å². The fraction of sp³-hybridized carbons (Fsp3) is 0.333. The van der Waals surface area contributed by atoms with Gasteiger partial charge >= 0.3 is 0 Å². The minimum absolute atomic E-state index is 0.140. The average molecular weight is 322 g/mol. The molecule has 0 amide bonds. The fourth-order valence-corrected chi connectivity index (χ4v) is 3.24. The highest BCUT2D eigenvalue weighted by Crippen LogP contribution is 2.35. The summed E-state index contributed by atoms with van der Waals surface area (Å²) in [5.74, 6) is 0.267. The van der Waals surface area contributed by atoms with Gasteiger partial charge in [0.05, 0.1) is 6.10 Å². The number of rotatable bonds is 1. The molecule has 3 N–H and O–H groups in total. The van der Waals surface area contributed by atoms with Crippen LogP contribution >= 0.6 is 15.9 Å². The largest absolute Gasteiger partial charge is 0.508 e. The van der Waals surface area contributed by atoms with Crippen LogP contribution in [0.25, 0.3) is 10.8 Å². The van der Waals surface area contributed by atoms with Gasteiger partial charge in [-0.2, -0.15) is 0 Å². The molecule has 2 aromatic rings. The van der Waals surface area contributed by atoms with Crippen LogP contribution in [-0.2, 0) is 0 Å². The SMILES string of the molecule is Oc1ccc2c(Br)ccc(C3CC(O)CCN3)c2c1. The number of fused-ring (bicyclic) bond motifs is 1. The molecule has 0 saturated carbocycles. The molecule has 1 fully saturated rings. The van der Waals surface area contributed by atoms with Crippen LogP contribution in [0.4, 0.5) is 0 Å². The highest BCUT2D eigenvalue weighted by molar-refractivity contribution is 9.10. The van der Waals surface area contributed by atoms with Crippen LogP contribution in [0, 0.1) is 0 Å². The quantitative estimate of drug-likeness (QED) is 0.756. The molecule has 1 heterocycles. The van der Waals surface area contributed by atoms with E-state index in [1.54, 1.807) is 12.1 Å². The highest BCUT2D eigenvalue weighted by Gasteiger charge is 2.22. The van der Waals surface area contributed by atoms with Crippen molar-refractivity contribution < 1.29 is 10.2 Å². The van der Waals surface area contributed by atoms with Crippen molar-refractivity contribution in [1.29, 1.82) is 0 Å². The Morgan fingerprint density at radius 3 is 2.79 bits per heavy atom. The van der Waals surface area contributed by atoms with Crippen molar-refractivity contribution in [2.45, 2.75) is 25.0 Å². The molecule has 0 spiro atoms. The average Bonchev–Trinajstić information content (AvgIpc) is 2.39. The second-order valence-corrected chi connectivity index (χ2v) is 5.91. The Labute approximate surface area is 120 Å². The molecule has 1 aliphatic heterocycles. The Morgan fingerprint density at radius 2 is 2.00 bits per heavy atom. The summed E-state index contributed by atoms with van der Waals surface area (Å²) in [5, 5.41) is 25.1.